The van der Waals surface area contributed by atoms with Gasteiger partial charge in [-0.1, -0.05) is 24.3 Å². The first kappa shape index (κ1) is 10.7. The van der Waals surface area contributed by atoms with Crippen LogP contribution in [0.5, 0.6) is 0 Å². The van der Waals surface area contributed by atoms with Gasteiger partial charge < -0.3 is 15.0 Å². The second-order valence-corrected chi connectivity index (χ2v) is 3.69. The number of rotatable bonds is 4. The van der Waals surface area contributed by atoms with E-state index in [0.29, 0.717) is 6.54 Å². The van der Waals surface area contributed by atoms with Gasteiger partial charge in [-0.05, 0) is 11.1 Å². The van der Waals surface area contributed by atoms with Gasteiger partial charge in [0, 0.05) is 26.0 Å². The Hall–Kier alpha value is -1.81. The number of hydrogen-bond donors (Lipinski definition) is 2. The zero-order chi connectivity index (χ0) is 11.4. The standard InChI is InChI=1S/C12H15N3O/c1-15-6-5-13-12(15)14-8-10-3-2-4-11(7-10)9-16/h2-7,16H,8-9H2,1H3,(H,13,14). The molecule has 0 aliphatic carbocycles. The van der Waals surface area contributed by atoms with Crippen molar-refractivity contribution in [2.24, 2.45) is 7.05 Å². The molecule has 84 valence electrons. The molecule has 0 saturated heterocycles. The average Bonchev–Trinajstić information content (AvgIpc) is 2.72. The highest BCUT2D eigenvalue weighted by Gasteiger charge is 1.99. The van der Waals surface area contributed by atoms with Crippen LogP contribution in [0.15, 0.2) is 36.7 Å². The molecule has 0 aliphatic rings. The zero-order valence-corrected chi connectivity index (χ0v) is 9.22. The number of nitrogens with zero attached hydrogens (tertiary/aromatic N) is 2. The molecule has 0 aliphatic heterocycles. The SMILES string of the molecule is Cn1ccnc1NCc1cccc(CO)c1. The summed E-state index contributed by atoms with van der Waals surface area (Å²) < 4.78 is 1.93. The topological polar surface area (TPSA) is 50.1 Å². The minimum absolute atomic E-state index is 0.0796. The summed E-state index contributed by atoms with van der Waals surface area (Å²) in [6.45, 7) is 0.787. The highest BCUT2D eigenvalue weighted by Crippen LogP contribution is 2.08. The molecule has 0 fully saturated rings. The molecule has 2 aromatic rings. The van der Waals surface area contributed by atoms with E-state index in [2.05, 4.69) is 10.3 Å². The molecule has 2 rings (SSSR count). The van der Waals surface area contributed by atoms with Gasteiger partial charge in [0.15, 0.2) is 0 Å². The summed E-state index contributed by atoms with van der Waals surface area (Å²) >= 11 is 0. The largest absolute Gasteiger partial charge is 0.392 e. The minimum Gasteiger partial charge on any atom is -0.392 e. The molecule has 0 radical (unpaired) electrons. The average molecular weight is 217 g/mol. The maximum absolute atomic E-state index is 9.02. The van der Waals surface area contributed by atoms with E-state index in [9.17, 15) is 0 Å². The zero-order valence-electron chi connectivity index (χ0n) is 9.22. The number of nitrogens with one attached hydrogen (secondary N) is 1. The second-order valence-electron chi connectivity index (χ2n) is 3.69. The van der Waals surface area contributed by atoms with Crippen LogP contribution in [0.2, 0.25) is 0 Å². The summed E-state index contributed by atoms with van der Waals surface area (Å²) in [5, 5.41) is 12.3. The molecule has 1 aromatic heterocycles. The molecule has 0 saturated carbocycles. The molecule has 1 heterocycles. The minimum atomic E-state index is 0.0796. The number of aliphatic hydroxyl groups excluding tert-OH is 1. The van der Waals surface area contributed by atoms with Crippen LogP contribution in [0.25, 0.3) is 0 Å². The van der Waals surface area contributed by atoms with Crippen molar-refractivity contribution < 1.29 is 5.11 Å². The van der Waals surface area contributed by atoms with E-state index in [0.717, 1.165) is 17.1 Å². The van der Waals surface area contributed by atoms with Gasteiger partial charge in [-0.25, -0.2) is 4.98 Å². The van der Waals surface area contributed by atoms with Crippen LogP contribution in [0.4, 0.5) is 5.95 Å². The van der Waals surface area contributed by atoms with Crippen LogP contribution in [0.1, 0.15) is 11.1 Å². The summed E-state index contributed by atoms with van der Waals surface area (Å²) in [5.74, 6) is 0.842. The van der Waals surface area contributed by atoms with Gasteiger partial charge in [0.05, 0.1) is 6.61 Å². The first-order valence-electron chi connectivity index (χ1n) is 5.19. The lowest BCUT2D eigenvalue weighted by atomic mass is 10.1. The molecule has 0 unspecified atom stereocenters. The van der Waals surface area contributed by atoms with Crippen molar-refractivity contribution >= 4 is 5.95 Å². The fourth-order valence-corrected chi connectivity index (χ4v) is 1.56. The van der Waals surface area contributed by atoms with Crippen LogP contribution in [-0.4, -0.2) is 14.7 Å². The quantitative estimate of drug-likeness (QED) is 0.816. The third-order valence-corrected chi connectivity index (χ3v) is 2.45. The Morgan fingerprint density at radius 1 is 1.38 bits per heavy atom. The van der Waals surface area contributed by atoms with Crippen LogP contribution in [0.3, 0.4) is 0 Å². The van der Waals surface area contributed by atoms with Crippen molar-refractivity contribution in [1.82, 2.24) is 9.55 Å². The Bertz CT molecular complexity index is 465. The fraction of sp³-hybridized carbons (Fsp3) is 0.250. The number of hydrogen-bond acceptors (Lipinski definition) is 3. The molecule has 16 heavy (non-hydrogen) atoms. The van der Waals surface area contributed by atoms with Gasteiger partial charge in [-0.3, -0.25) is 0 Å². The maximum atomic E-state index is 9.02. The van der Waals surface area contributed by atoms with Gasteiger partial charge in [0.2, 0.25) is 5.95 Å². The highest BCUT2D eigenvalue weighted by atomic mass is 16.3. The van der Waals surface area contributed by atoms with E-state index < -0.39 is 0 Å². The van der Waals surface area contributed by atoms with Crippen molar-refractivity contribution in [2.45, 2.75) is 13.2 Å². The molecule has 0 spiro atoms. The lowest BCUT2D eigenvalue weighted by Crippen LogP contribution is -2.04. The number of aliphatic hydroxyl groups is 1. The van der Waals surface area contributed by atoms with Gasteiger partial charge >= 0.3 is 0 Å². The summed E-state index contributed by atoms with van der Waals surface area (Å²) in [5.41, 5.74) is 2.06. The molecule has 0 atom stereocenters. The maximum Gasteiger partial charge on any atom is 0.202 e. The van der Waals surface area contributed by atoms with Crippen LogP contribution < -0.4 is 5.32 Å². The fourth-order valence-electron chi connectivity index (χ4n) is 1.56. The molecule has 1 aromatic carbocycles. The second kappa shape index (κ2) is 4.81. The van der Waals surface area contributed by atoms with E-state index in [1.807, 2.05) is 42.1 Å². The first-order chi connectivity index (χ1) is 7.79. The van der Waals surface area contributed by atoms with Crippen molar-refractivity contribution in [3.05, 3.63) is 47.8 Å². The predicted molar refractivity (Wildman–Crippen MR) is 62.9 cm³/mol. The number of aromatic nitrogens is 2. The third-order valence-electron chi connectivity index (χ3n) is 2.45. The first-order valence-corrected chi connectivity index (χ1v) is 5.19. The van der Waals surface area contributed by atoms with Crippen LogP contribution in [-0.2, 0) is 20.2 Å². The van der Waals surface area contributed by atoms with E-state index in [1.54, 1.807) is 6.20 Å². The molecule has 4 nitrogen and oxygen atoms in total. The van der Waals surface area contributed by atoms with E-state index in [-0.39, 0.29) is 6.61 Å². The van der Waals surface area contributed by atoms with Crippen molar-refractivity contribution in [1.29, 1.82) is 0 Å². The summed E-state index contributed by atoms with van der Waals surface area (Å²) in [7, 11) is 1.94. The van der Waals surface area contributed by atoms with Crippen LogP contribution in [0, 0.1) is 0 Å². The Balaban J connectivity index is 2.02. The smallest absolute Gasteiger partial charge is 0.202 e. The summed E-state index contributed by atoms with van der Waals surface area (Å²) in [4.78, 5) is 4.18. The summed E-state index contributed by atoms with van der Waals surface area (Å²) in [6.07, 6.45) is 3.65. The van der Waals surface area contributed by atoms with Crippen molar-refractivity contribution in [3.8, 4) is 0 Å². The van der Waals surface area contributed by atoms with E-state index in [1.165, 1.54) is 0 Å². The number of aryl methyl sites for hydroxylation is 1. The lowest BCUT2D eigenvalue weighted by molar-refractivity contribution is 0.281. The summed E-state index contributed by atoms with van der Waals surface area (Å²) in [6, 6.07) is 7.86. The van der Waals surface area contributed by atoms with Gasteiger partial charge in [-0.15, -0.1) is 0 Å². The third kappa shape index (κ3) is 2.41. The van der Waals surface area contributed by atoms with E-state index in [4.69, 9.17) is 5.11 Å². The lowest BCUT2D eigenvalue weighted by Gasteiger charge is -2.06. The van der Waals surface area contributed by atoms with E-state index >= 15 is 0 Å². The van der Waals surface area contributed by atoms with Crippen molar-refractivity contribution in [3.63, 3.8) is 0 Å². The Morgan fingerprint density at radius 2 is 2.19 bits per heavy atom. The molecular formula is C12H15N3O. The normalized spacial score (nSPS) is 10.4. The monoisotopic (exact) mass is 217 g/mol. The molecule has 0 bridgehead atoms. The molecule has 0 amide bonds. The van der Waals surface area contributed by atoms with Crippen LogP contribution >= 0.6 is 0 Å². The molecule has 2 N–H and O–H groups in total. The number of benzene rings is 1. The number of anilines is 1. The predicted octanol–water partition coefficient (Wildman–Crippen LogP) is 1.52. The van der Waals surface area contributed by atoms with Gasteiger partial charge in [-0.2, -0.15) is 0 Å². The highest BCUT2D eigenvalue weighted by molar-refractivity contribution is 5.30. The molecule has 4 heteroatoms. The van der Waals surface area contributed by atoms with Gasteiger partial charge in [0.25, 0.3) is 0 Å². The number of imidazole rings is 1. The van der Waals surface area contributed by atoms with Crippen molar-refractivity contribution in [2.75, 3.05) is 5.32 Å². The molecular weight excluding hydrogens is 202 g/mol. The Kier molecular flexibility index (Phi) is 3.22. The Labute approximate surface area is 94.6 Å². The Morgan fingerprint density at radius 3 is 2.88 bits per heavy atom. The van der Waals surface area contributed by atoms with Gasteiger partial charge in [0.1, 0.15) is 0 Å².